The van der Waals surface area contributed by atoms with Gasteiger partial charge in [-0.1, -0.05) is 197 Å². The normalized spacial score (nSPS) is 14.0. The fourth-order valence-electron chi connectivity index (χ4n) is 15.5. The van der Waals surface area contributed by atoms with Gasteiger partial charge in [0.15, 0.2) is 11.6 Å². The molecule has 0 aliphatic carbocycles. The van der Waals surface area contributed by atoms with Gasteiger partial charge < -0.3 is 18.2 Å². The van der Waals surface area contributed by atoms with Crippen LogP contribution in [0.5, 0.6) is 0 Å². The van der Waals surface area contributed by atoms with E-state index in [1.54, 1.807) is 24.8 Å². The SMILES string of the molecule is CCOP(=O)(c1ccccc1)c1cnc(-n2c3ccc(-n4c5ccc(C(C)(C)C)cc5c5cc(C(C)(C)C)ccc54)cc3c3cc(-n4c5ccc(C(C)(C)C)cc5c5cc(C(C)(C)C)ccc54)ccc32)cn1.CCOP(=O)(c1ccccc1)c1cnc(-n2c3ccc(C(C)(C)C)cc3c3cc(C(C)(C)C)ccc32)cn1. The van der Waals surface area contributed by atoms with Crippen LogP contribution in [0.15, 0.2) is 231 Å². The van der Waals surface area contributed by atoms with Crippen LogP contribution in [0, 0.1) is 0 Å². The standard InChI is InChI=1S/C64H66N5O2P.C32H36N3O2P/c1-14-71-72(70,46-18-16-15-17-19-46)60-39-65-59(38-66-60)69-57-30-24-44(67-53-26-20-40(61(2,3)4)32-47(53)48-33-41(62(5,6)7)21-27-54(48)67)36-51(57)52-37-45(25-31-58(52)69)68-55-28-22-42(63(8,9)10)34-49(55)50-35-43(64(11,12)13)23-29-56(50)68;1-8-37-38(36,24-12-10-9-11-13-24)30-21-33-29(20-34-30)35-27-16-14-22(31(2,3)4)18-25(27)26-19-23(32(5,6)7)15-17-28(26)35/h15-39H,14H2,1-13H3;9-21H,8H2,1-7H3. The number of fused-ring (bicyclic) bond motifs is 12. The fraction of sp³-hybridized carbons (Fsp3) is 0.292. The summed E-state index contributed by atoms with van der Waals surface area (Å²) in [5.41, 5.74) is 19.4. The molecule has 6 aromatic heterocycles. The molecule has 0 aliphatic rings. The average molecular weight is 1490 g/mol. The van der Waals surface area contributed by atoms with E-state index in [0.29, 0.717) is 39.7 Å². The van der Waals surface area contributed by atoms with Gasteiger partial charge in [-0.3, -0.25) is 18.3 Å². The summed E-state index contributed by atoms with van der Waals surface area (Å²) in [5, 5.41) is 10.7. The molecule has 16 rings (SSSR count). The van der Waals surface area contributed by atoms with Gasteiger partial charge in [-0.15, -0.1) is 0 Å². The molecular formula is C96H102N8O4P2. The molecule has 0 bridgehead atoms. The summed E-state index contributed by atoms with van der Waals surface area (Å²) in [6.45, 7) is 45.2. The van der Waals surface area contributed by atoms with Crippen LogP contribution in [0.3, 0.4) is 0 Å². The van der Waals surface area contributed by atoms with Crippen LogP contribution in [0.25, 0.3) is 110 Å². The first-order valence-corrected chi connectivity index (χ1v) is 41.9. The molecule has 110 heavy (non-hydrogen) atoms. The summed E-state index contributed by atoms with van der Waals surface area (Å²) in [6.07, 6.45) is 6.68. The number of benzene rings is 10. The van der Waals surface area contributed by atoms with E-state index in [9.17, 15) is 9.13 Å². The van der Waals surface area contributed by atoms with Crippen molar-refractivity contribution in [2.75, 3.05) is 13.2 Å². The summed E-state index contributed by atoms with van der Waals surface area (Å²) >= 11 is 0. The van der Waals surface area contributed by atoms with Gasteiger partial charge in [-0.05, 0) is 213 Å². The van der Waals surface area contributed by atoms with E-state index < -0.39 is 14.7 Å². The van der Waals surface area contributed by atoms with Crippen molar-refractivity contribution in [2.24, 2.45) is 0 Å². The number of nitrogens with zero attached hydrogens (tertiary/aromatic N) is 8. The molecule has 6 heterocycles. The Balaban J connectivity index is 0.000000212. The molecule has 0 amide bonds. The lowest BCUT2D eigenvalue weighted by molar-refractivity contribution is 0.346. The molecular weight excluding hydrogens is 1390 g/mol. The zero-order chi connectivity index (χ0) is 78.2. The van der Waals surface area contributed by atoms with Crippen LogP contribution >= 0.6 is 14.7 Å². The van der Waals surface area contributed by atoms with Crippen molar-refractivity contribution in [2.45, 2.75) is 171 Å². The molecule has 12 nitrogen and oxygen atoms in total. The third-order valence-electron chi connectivity index (χ3n) is 21.9. The van der Waals surface area contributed by atoms with Crippen LogP contribution in [0.1, 0.15) is 172 Å². The van der Waals surface area contributed by atoms with Crippen LogP contribution in [0.2, 0.25) is 0 Å². The number of hydrogen-bond acceptors (Lipinski definition) is 8. The Labute approximate surface area is 647 Å². The van der Waals surface area contributed by atoms with Crippen molar-refractivity contribution < 1.29 is 18.2 Å². The lowest BCUT2D eigenvalue weighted by Crippen LogP contribution is -2.22. The Kier molecular flexibility index (Phi) is 18.8. The summed E-state index contributed by atoms with van der Waals surface area (Å²) in [7, 11) is -6.86. The smallest absolute Gasteiger partial charge is 0.280 e. The Morgan fingerprint density at radius 3 is 0.718 bits per heavy atom. The Morgan fingerprint density at radius 1 is 0.273 bits per heavy atom. The Bertz CT molecular complexity index is 5940. The molecule has 14 heteroatoms. The monoisotopic (exact) mass is 1490 g/mol. The highest BCUT2D eigenvalue weighted by Crippen LogP contribution is 2.48. The Morgan fingerprint density at radius 2 is 0.500 bits per heavy atom. The summed E-state index contributed by atoms with van der Waals surface area (Å²) < 4.78 is 49.7. The first-order chi connectivity index (χ1) is 52.0. The van der Waals surface area contributed by atoms with Crippen LogP contribution < -0.4 is 21.5 Å². The van der Waals surface area contributed by atoms with Crippen molar-refractivity contribution in [3.8, 4) is 23.0 Å². The number of hydrogen-bond donors (Lipinski definition) is 0. The minimum absolute atomic E-state index is 0.00850. The highest BCUT2D eigenvalue weighted by molar-refractivity contribution is 7.74. The van der Waals surface area contributed by atoms with Crippen molar-refractivity contribution in [1.29, 1.82) is 0 Å². The van der Waals surface area contributed by atoms with Gasteiger partial charge in [0.1, 0.15) is 10.9 Å². The maximum Gasteiger partial charge on any atom is 0.280 e. The third-order valence-corrected chi connectivity index (χ3v) is 26.7. The fourth-order valence-corrected chi connectivity index (χ4v) is 19.3. The lowest BCUT2D eigenvalue weighted by atomic mass is 9.85. The van der Waals surface area contributed by atoms with Crippen molar-refractivity contribution in [1.82, 2.24) is 38.2 Å². The van der Waals surface area contributed by atoms with Crippen LogP contribution in [-0.2, 0) is 50.7 Å². The molecule has 0 saturated heterocycles. The second-order valence-corrected chi connectivity index (χ2v) is 40.4. The zero-order valence-corrected chi connectivity index (χ0v) is 69.2. The molecule has 0 fully saturated rings. The van der Waals surface area contributed by atoms with Gasteiger partial charge in [0.05, 0.1) is 82.1 Å². The van der Waals surface area contributed by atoms with Crippen LogP contribution in [-0.4, -0.2) is 51.4 Å². The Hall–Kier alpha value is -10.1. The largest absolute Gasteiger partial charge is 0.321 e. The second kappa shape index (κ2) is 27.5. The molecule has 2 atom stereocenters. The van der Waals surface area contributed by atoms with E-state index in [2.05, 4.69) is 293 Å². The van der Waals surface area contributed by atoms with Gasteiger partial charge in [0.25, 0.3) is 14.7 Å². The number of rotatable bonds is 12. The topological polar surface area (TPSA) is 124 Å². The predicted molar refractivity (Wildman–Crippen MR) is 464 cm³/mol. The molecule has 0 saturated carbocycles. The second-order valence-electron chi connectivity index (χ2n) is 35.7. The minimum atomic E-state index is -3.51. The van der Waals surface area contributed by atoms with Gasteiger partial charge in [0.2, 0.25) is 0 Å². The quantitative estimate of drug-likeness (QED) is 0.111. The first kappa shape index (κ1) is 75.4. The highest BCUT2D eigenvalue weighted by atomic mass is 31.2. The molecule has 0 N–H and O–H groups in total. The molecule has 10 aromatic carbocycles. The van der Waals surface area contributed by atoms with Crippen molar-refractivity contribution >= 4 is 123 Å². The lowest BCUT2D eigenvalue weighted by Gasteiger charge is -2.19. The van der Waals surface area contributed by atoms with E-state index in [0.717, 1.165) is 44.2 Å². The summed E-state index contributed by atoms with van der Waals surface area (Å²) in [5.74, 6) is 1.30. The van der Waals surface area contributed by atoms with Crippen molar-refractivity contribution in [3.05, 3.63) is 264 Å². The van der Waals surface area contributed by atoms with E-state index in [4.69, 9.17) is 24.0 Å². The van der Waals surface area contributed by atoms with E-state index in [1.165, 1.54) is 87.8 Å². The third kappa shape index (κ3) is 13.4. The number of aromatic nitrogens is 8. The van der Waals surface area contributed by atoms with E-state index >= 15 is 0 Å². The maximum absolute atomic E-state index is 14.6. The van der Waals surface area contributed by atoms with Gasteiger partial charge >= 0.3 is 0 Å². The predicted octanol–water partition coefficient (Wildman–Crippen LogP) is 23.7. The van der Waals surface area contributed by atoms with Crippen LogP contribution in [0.4, 0.5) is 0 Å². The summed E-state index contributed by atoms with van der Waals surface area (Å²) in [6, 6.07) is 73.6. The molecule has 560 valence electrons. The highest BCUT2D eigenvalue weighted by Gasteiger charge is 2.34. The zero-order valence-electron chi connectivity index (χ0n) is 67.5. The summed E-state index contributed by atoms with van der Waals surface area (Å²) in [4.78, 5) is 19.4. The van der Waals surface area contributed by atoms with Gasteiger partial charge in [-0.2, -0.15) is 0 Å². The van der Waals surface area contributed by atoms with E-state index in [-0.39, 0.29) is 39.1 Å². The molecule has 0 spiro atoms. The molecule has 0 aliphatic heterocycles. The maximum atomic E-state index is 14.6. The molecule has 16 aromatic rings. The van der Waals surface area contributed by atoms with Gasteiger partial charge in [-0.25, -0.2) is 19.9 Å². The van der Waals surface area contributed by atoms with E-state index in [1.807, 2.05) is 74.5 Å². The molecule has 2 unspecified atom stereocenters. The minimum Gasteiger partial charge on any atom is -0.321 e. The molecule has 0 radical (unpaired) electrons. The van der Waals surface area contributed by atoms with Crippen molar-refractivity contribution in [3.63, 3.8) is 0 Å². The van der Waals surface area contributed by atoms with Gasteiger partial charge in [0, 0.05) is 65.1 Å². The average Bonchev–Trinajstić information content (AvgIpc) is 1.56. The first-order valence-electron chi connectivity index (χ1n) is 38.6.